The summed E-state index contributed by atoms with van der Waals surface area (Å²) < 4.78 is 7.19. The lowest BCUT2D eigenvalue weighted by molar-refractivity contribution is 0.0122. The first kappa shape index (κ1) is 15.8. The minimum Gasteiger partial charge on any atom is -0.444 e. The summed E-state index contributed by atoms with van der Waals surface area (Å²) in [5.74, 6) is 0.262. The smallest absolute Gasteiger partial charge is 0.410 e. The van der Waals surface area contributed by atoms with Gasteiger partial charge in [0.25, 0.3) is 0 Å². The highest BCUT2D eigenvalue weighted by Crippen LogP contribution is 2.32. The van der Waals surface area contributed by atoms with Gasteiger partial charge in [0.1, 0.15) is 5.60 Å². The Morgan fingerprint density at radius 3 is 2.76 bits per heavy atom. The fourth-order valence-electron chi connectivity index (χ4n) is 2.72. The second-order valence-electron chi connectivity index (χ2n) is 6.71. The lowest BCUT2D eigenvalue weighted by atomic mass is 9.82. The average molecular weight is 295 g/mol. The molecule has 1 amide bonds. The summed E-state index contributed by atoms with van der Waals surface area (Å²) in [4.78, 5) is 13.9. The van der Waals surface area contributed by atoms with Crippen LogP contribution in [0.25, 0.3) is 0 Å². The van der Waals surface area contributed by atoms with Crippen LogP contribution in [0.4, 0.5) is 4.79 Å². The van der Waals surface area contributed by atoms with Gasteiger partial charge < -0.3 is 14.7 Å². The summed E-state index contributed by atoms with van der Waals surface area (Å²) in [6.45, 7) is 6.91. The zero-order valence-electron chi connectivity index (χ0n) is 13.2. The molecule has 1 aliphatic heterocycles. The van der Waals surface area contributed by atoms with Gasteiger partial charge in [-0.15, -0.1) is 0 Å². The van der Waals surface area contributed by atoms with Gasteiger partial charge in [-0.2, -0.15) is 5.10 Å². The predicted octanol–water partition coefficient (Wildman–Crippen LogP) is 1.75. The Hall–Kier alpha value is -1.56. The topological polar surface area (TPSA) is 67.6 Å². The lowest BCUT2D eigenvalue weighted by Gasteiger charge is -2.38. The third-order valence-corrected chi connectivity index (χ3v) is 3.80. The van der Waals surface area contributed by atoms with Crippen molar-refractivity contribution in [2.24, 2.45) is 13.0 Å². The van der Waals surface area contributed by atoms with E-state index >= 15 is 0 Å². The fourth-order valence-corrected chi connectivity index (χ4v) is 2.72. The van der Waals surface area contributed by atoms with E-state index < -0.39 is 5.60 Å². The summed E-state index contributed by atoms with van der Waals surface area (Å²) in [5.41, 5.74) is 0.569. The first-order chi connectivity index (χ1) is 9.80. The molecule has 0 spiro atoms. The number of likely N-dealkylation sites (tertiary alicyclic amines) is 1. The summed E-state index contributed by atoms with van der Waals surface area (Å²) in [6.07, 6.45) is 4.25. The molecule has 0 radical (unpaired) electrons. The maximum atomic E-state index is 12.2. The molecule has 2 atom stereocenters. The van der Waals surface area contributed by atoms with Crippen molar-refractivity contribution in [2.75, 3.05) is 19.7 Å². The summed E-state index contributed by atoms with van der Waals surface area (Å²) in [7, 11) is 1.87. The standard InChI is InChI=1S/C15H25N3O3/c1-15(2,3)21-14(20)18-6-5-11(10-19)13(9-18)12-7-16-17(4)8-12/h7-8,11,13,19H,5-6,9-10H2,1-4H3/t11-,13+/m0/s1. The van der Waals surface area contributed by atoms with Crippen LogP contribution in [-0.2, 0) is 11.8 Å². The van der Waals surface area contributed by atoms with E-state index in [1.165, 1.54) is 0 Å². The summed E-state index contributed by atoms with van der Waals surface area (Å²) in [6, 6.07) is 0. The molecule has 1 N–H and O–H groups in total. The molecule has 0 bridgehead atoms. The van der Waals surface area contributed by atoms with Gasteiger partial charge in [-0.1, -0.05) is 0 Å². The van der Waals surface area contributed by atoms with Gasteiger partial charge in [-0.25, -0.2) is 4.79 Å². The van der Waals surface area contributed by atoms with Crippen molar-refractivity contribution in [1.29, 1.82) is 0 Å². The van der Waals surface area contributed by atoms with Crippen LogP contribution in [0.5, 0.6) is 0 Å². The molecule has 1 aromatic heterocycles. The minimum absolute atomic E-state index is 0.102. The molecule has 0 unspecified atom stereocenters. The molecule has 0 aromatic carbocycles. The van der Waals surface area contributed by atoms with Crippen molar-refractivity contribution in [3.05, 3.63) is 18.0 Å². The Kier molecular flexibility index (Phi) is 4.56. The number of piperidine rings is 1. The van der Waals surface area contributed by atoms with E-state index in [-0.39, 0.29) is 24.5 Å². The number of hydrogen-bond acceptors (Lipinski definition) is 4. The van der Waals surface area contributed by atoms with Gasteiger partial charge in [-0.05, 0) is 38.7 Å². The molecule has 21 heavy (non-hydrogen) atoms. The molecule has 1 aromatic rings. The quantitative estimate of drug-likeness (QED) is 0.902. The second-order valence-corrected chi connectivity index (χ2v) is 6.71. The van der Waals surface area contributed by atoms with Gasteiger partial charge in [-0.3, -0.25) is 4.68 Å². The van der Waals surface area contributed by atoms with Crippen molar-refractivity contribution in [3.63, 3.8) is 0 Å². The summed E-state index contributed by atoms with van der Waals surface area (Å²) in [5, 5.41) is 13.8. The van der Waals surface area contributed by atoms with Gasteiger partial charge >= 0.3 is 6.09 Å². The van der Waals surface area contributed by atoms with Crippen LogP contribution < -0.4 is 0 Å². The molecule has 1 fully saturated rings. The van der Waals surface area contributed by atoms with Gasteiger partial charge in [0.2, 0.25) is 0 Å². The van der Waals surface area contributed by atoms with Gasteiger partial charge in [0.05, 0.1) is 6.20 Å². The Labute approximate surface area is 125 Å². The van der Waals surface area contributed by atoms with Gasteiger partial charge in [0, 0.05) is 38.9 Å². The largest absolute Gasteiger partial charge is 0.444 e. The molecule has 0 saturated carbocycles. The highest BCUT2D eigenvalue weighted by Gasteiger charge is 2.34. The summed E-state index contributed by atoms with van der Waals surface area (Å²) >= 11 is 0. The Bertz CT molecular complexity index is 493. The Morgan fingerprint density at radius 1 is 1.52 bits per heavy atom. The second kappa shape index (κ2) is 6.05. The van der Waals surface area contributed by atoms with Crippen molar-refractivity contribution in [1.82, 2.24) is 14.7 Å². The maximum Gasteiger partial charge on any atom is 0.410 e. The normalized spacial score (nSPS) is 23.2. The number of carbonyl (C=O) groups is 1. The Morgan fingerprint density at radius 2 is 2.24 bits per heavy atom. The average Bonchev–Trinajstić information content (AvgIpc) is 2.82. The number of nitrogens with zero attached hydrogens (tertiary/aromatic N) is 3. The van der Waals surface area contributed by atoms with Crippen LogP contribution >= 0.6 is 0 Å². The molecular formula is C15H25N3O3. The fraction of sp³-hybridized carbons (Fsp3) is 0.733. The number of aliphatic hydroxyl groups is 1. The molecule has 118 valence electrons. The molecule has 2 rings (SSSR count). The highest BCUT2D eigenvalue weighted by molar-refractivity contribution is 5.68. The van der Waals surface area contributed by atoms with Crippen LogP contribution in [0.2, 0.25) is 0 Å². The molecule has 6 nitrogen and oxygen atoms in total. The van der Waals surface area contributed by atoms with E-state index in [0.717, 1.165) is 12.0 Å². The zero-order chi connectivity index (χ0) is 15.6. The van der Waals surface area contributed by atoms with E-state index in [4.69, 9.17) is 4.74 Å². The number of carbonyl (C=O) groups excluding carboxylic acids is 1. The number of amides is 1. The highest BCUT2D eigenvalue weighted by atomic mass is 16.6. The van der Waals surface area contributed by atoms with E-state index in [1.54, 1.807) is 9.58 Å². The van der Waals surface area contributed by atoms with Crippen molar-refractivity contribution < 1.29 is 14.6 Å². The number of ether oxygens (including phenoxy) is 1. The first-order valence-corrected chi connectivity index (χ1v) is 7.37. The molecule has 6 heteroatoms. The number of rotatable bonds is 2. The maximum absolute atomic E-state index is 12.2. The number of hydrogen-bond donors (Lipinski definition) is 1. The van der Waals surface area contributed by atoms with Crippen molar-refractivity contribution >= 4 is 6.09 Å². The number of aromatic nitrogens is 2. The SMILES string of the molecule is Cn1cc([C@@H]2CN(C(=O)OC(C)(C)C)CC[C@H]2CO)cn1. The third kappa shape index (κ3) is 3.97. The van der Waals surface area contributed by atoms with Crippen LogP contribution in [0.3, 0.4) is 0 Å². The zero-order valence-corrected chi connectivity index (χ0v) is 13.2. The molecule has 2 heterocycles. The van der Waals surface area contributed by atoms with Crippen LogP contribution in [0, 0.1) is 5.92 Å². The van der Waals surface area contributed by atoms with Crippen LogP contribution in [-0.4, -0.2) is 51.2 Å². The van der Waals surface area contributed by atoms with E-state index in [1.807, 2.05) is 40.2 Å². The van der Waals surface area contributed by atoms with E-state index in [2.05, 4.69) is 5.10 Å². The first-order valence-electron chi connectivity index (χ1n) is 7.37. The Balaban J connectivity index is 2.10. The molecule has 0 aliphatic carbocycles. The van der Waals surface area contributed by atoms with E-state index in [0.29, 0.717) is 13.1 Å². The molecular weight excluding hydrogens is 270 g/mol. The molecule has 1 aliphatic rings. The molecule has 1 saturated heterocycles. The number of aryl methyl sites for hydroxylation is 1. The van der Waals surface area contributed by atoms with E-state index in [9.17, 15) is 9.90 Å². The minimum atomic E-state index is -0.491. The van der Waals surface area contributed by atoms with Gasteiger partial charge in [0.15, 0.2) is 0 Å². The van der Waals surface area contributed by atoms with Crippen molar-refractivity contribution in [3.8, 4) is 0 Å². The van der Waals surface area contributed by atoms with Crippen molar-refractivity contribution in [2.45, 2.75) is 38.7 Å². The van der Waals surface area contributed by atoms with Crippen LogP contribution in [0.1, 0.15) is 38.7 Å². The monoisotopic (exact) mass is 295 g/mol. The lowest BCUT2D eigenvalue weighted by Crippen LogP contribution is -2.45. The predicted molar refractivity (Wildman–Crippen MR) is 78.9 cm³/mol. The van der Waals surface area contributed by atoms with Crippen LogP contribution in [0.15, 0.2) is 12.4 Å². The number of aliphatic hydroxyl groups excluding tert-OH is 1. The third-order valence-electron chi connectivity index (χ3n) is 3.80.